The molecule has 0 spiro atoms. The molecule has 1 aromatic rings. The van der Waals surface area contributed by atoms with Crippen molar-refractivity contribution in [2.45, 2.75) is 50.7 Å². The van der Waals surface area contributed by atoms with Crippen molar-refractivity contribution in [2.75, 3.05) is 20.2 Å². The van der Waals surface area contributed by atoms with Gasteiger partial charge in [-0.1, -0.05) is 25.0 Å². The molecular formula is C18H27NO2. The molecule has 21 heavy (non-hydrogen) atoms. The maximum absolute atomic E-state index is 10.6. The van der Waals surface area contributed by atoms with Gasteiger partial charge < -0.3 is 9.84 Å². The lowest BCUT2D eigenvalue weighted by Crippen LogP contribution is -2.48. The summed E-state index contributed by atoms with van der Waals surface area (Å²) >= 11 is 0. The quantitative estimate of drug-likeness (QED) is 0.922. The third-order valence-corrected chi connectivity index (χ3v) is 5.24. The van der Waals surface area contributed by atoms with Crippen molar-refractivity contribution in [1.82, 2.24) is 4.90 Å². The Labute approximate surface area is 127 Å². The zero-order valence-electron chi connectivity index (χ0n) is 13.0. The van der Waals surface area contributed by atoms with Gasteiger partial charge in [0.1, 0.15) is 5.75 Å². The Kier molecular flexibility index (Phi) is 4.81. The molecular weight excluding hydrogens is 262 g/mol. The second-order valence-corrected chi connectivity index (χ2v) is 6.54. The van der Waals surface area contributed by atoms with Crippen LogP contribution in [-0.2, 0) is 0 Å². The van der Waals surface area contributed by atoms with Gasteiger partial charge in [-0.25, -0.2) is 0 Å². The molecule has 0 amide bonds. The van der Waals surface area contributed by atoms with Crippen molar-refractivity contribution in [3.05, 3.63) is 29.8 Å². The fourth-order valence-corrected chi connectivity index (χ4v) is 4.13. The molecule has 1 aliphatic carbocycles. The number of piperidine rings is 1. The van der Waals surface area contributed by atoms with Gasteiger partial charge in [-0.3, -0.25) is 4.90 Å². The third-order valence-electron chi connectivity index (χ3n) is 5.24. The molecule has 0 aromatic heterocycles. The first kappa shape index (κ1) is 14.9. The Morgan fingerprint density at radius 2 is 2.05 bits per heavy atom. The molecule has 1 saturated heterocycles. The summed E-state index contributed by atoms with van der Waals surface area (Å²) in [5.74, 6) is 1.69. The van der Waals surface area contributed by atoms with Gasteiger partial charge in [0, 0.05) is 12.6 Å². The maximum Gasteiger partial charge on any atom is 0.119 e. The Morgan fingerprint density at radius 1 is 1.24 bits per heavy atom. The fraction of sp³-hybridized carbons (Fsp3) is 0.667. The molecule has 0 bridgehead atoms. The molecule has 1 unspecified atom stereocenters. The molecule has 2 fully saturated rings. The predicted molar refractivity (Wildman–Crippen MR) is 84.5 cm³/mol. The lowest BCUT2D eigenvalue weighted by atomic mass is 9.78. The van der Waals surface area contributed by atoms with E-state index in [0.29, 0.717) is 6.04 Å². The van der Waals surface area contributed by atoms with E-state index in [1.165, 1.54) is 38.5 Å². The number of likely N-dealkylation sites (tertiary alicyclic amines) is 1. The molecule has 1 aromatic carbocycles. The summed E-state index contributed by atoms with van der Waals surface area (Å²) in [6.07, 6.45) is 7.70. The Morgan fingerprint density at radius 3 is 2.90 bits per heavy atom. The average Bonchev–Trinajstić information content (AvgIpc) is 2.55. The molecule has 2 aliphatic rings. The van der Waals surface area contributed by atoms with Crippen LogP contribution in [0.1, 0.15) is 50.2 Å². The van der Waals surface area contributed by atoms with Crippen molar-refractivity contribution in [3.63, 3.8) is 0 Å². The van der Waals surface area contributed by atoms with Gasteiger partial charge in [0.25, 0.3) is 0 Å². The van der Waals surface area contributed by atoms with E-state index in [0.717, 1.165) is 30.3 Å². The van der Waals surface area contributed by atoms with Crippen molar-refractivity contribution in [1.29, 1.82) is 0 Å². The monoisotopic (exact) mass is 289 g/mol. The third kappa shape index (κ3) is 3.41. The van der Waals surface area contributed by atoms with Crippen LogP contribution in [0.4, 0.5) is 0 Å². The summed E-state index contributed by atoms with van der Waals surface area (Å²) in [4.78, 5) is 2.54. The zero-order valence-corrected chi connectivity index (χ0v) is 13.0. The average molecular weight is 289 g/mol. The summed E-state index contributed by atoms with van der Waals surface area (Å²) in [6, 6.07) is 8.53. The summed E-state index contributed by atoms with van der Waals surface area (Å²) in [7, 11) is 1.67. The number of aliphatic hydroxyl groups excluding tert-OH is 1. The van der Waals surface area contributed by atoms with E-state index >= 15 is 0 Å². The van der Waals surface area contributed by atoms with Crippen LogP contribution in [0.15, 0.2) is 24.3 Å². The first-order chi connectivity index (χ1) is 10.3. The van der Waals surface area contributed by atoms with Crippen LogP contribution >= 0.6 is 0 Å². The number of β-amino-alcohol motifs (C(OH)–C–C–N with tert-alkyl or cyclic N) is 1. The topological polar surface area (TPSA) is 32.7 Å². The lowest BCUT2D eigenvalue weighted by molar-refractivity contribution is 0.0204. The Hall–Kier alpha value is -1.06. The van der Waals surface area contributed by atoms with Crippen LogP contribution in [0.5, 0.6) is 5.75 Å². The second kappa shape index (κ2) is 6.80. The summed E-state index contributed by atoms with van der Waals surface area (Å²) < 4.78 is 5.26. The number of nitrogens with zero attached hydrogens (tertiary/aromatic N) is 1. The molecule has 3 atom stereocenters. The minimum atomic E-state index is -0.416. The normalized spacial score (nSPS) is 27.9. The van der Waals surface area contributed by atoms with Gasteiger partial charge in [0.15, 0.2) is 0 Å². The largest absolute Gasteiger partial charge is 0.497 e. The Balaban J connectivity index is 1.66. The van der Waals surface area contributed by atoms with E-state index in [1.807, 2.05) is 24.3 Å². The van der Waals surface area contributed by atoms with Crippen LogP contribution in [0, 0.1) is 5.92 Å². The number of fused-ring (bicyclic) bond motifs is 1. The summed E-state index contributed by atoms with van der Waals surface area (Å²) in [6.45, 7) is 1.90. The van der Waals surface area contributed by atoms with E-state index in [-0.39, 0.29) is 0 Å². The number of hydrogen-bond donors (Lipinski definition) is 1. The van der Waals surface area contributed by atoms with Crippen molar-refractivity contribution in [3.8, 4) is 5.75 Å². The van der Waals surface area contributed by atoms with Gasteiger partial charge in [-0.2, -0.15) is 0 Å². The predicted octanol–water partition coefficient (Wildman–Crippen LogP) is 3.38. The molecule has 116 valence electrons. The van der Waals surface area contributed by atoms with E-state index in [2.05, 4.69) is 4.90 Å². The molecule has 1 heterocycles. The summed E-state index contributed by atoms with van der Waals surface area (Å²) in [5, 5.41) is 10.6. The van der Waals surface area contributed by atoms with Gasteiger partial charge in [-0.15, -0.1) is 0 Å². The molecule has 1 aliphatic heterocycles. The zero-order chi connectivity index (χ0) is 14.7. The van der Waals surface area contributed by atoms with Crippen LogP contribution in [0.3, 0.4) is 0 Å². The van der Waals surface area contributed by atoms with Crippen LogP contribution in [-0.4, -0.2) is 36.2 Å². The smallest absolute Gasteiger partial charge is 0.119 e. The highest BCUT2D eigenvalue weighted by molar-refractivity contribution is 5.30. The molecule has 0 radical (unpaired) electrons. The number of aliphatic hydroxyl groups is 1. The first-order valence-electron chi connectivity index (χ1n) is 8.34. The highest BCUT2D eigenvalue weighted by Crippen LogP contribution is 2.36. The van der Waals surface area contributed by atoms with Crippen LogP contribution in [0.25, 0.3) is 0 Å². The second-order valence-electron chi connectivity index (χ2n) is 6.54. The van der Waals surface area contributed by atoms with Crippen molar-refractivity contribution < 1.29 is 9.84 Å². The standard InChI is InChI=1S/C18H27NO2/c1-21-16-9-4-7-15(12-16)18(20)13-19-11-5-8-14-6-2-3-10-17(14)19/h4,7,9,12,14,17-18,20H,2-3,5-6,8,10-11,13H2,1H3/t14-,17-,18?/m1/s1. The van der Waals surface area contributed by atoms with E-state index in [1.54, 1.807) is 7.11 Å². The maximum atomic E-state index is 10.6. The minimum absolute atomic E-state index is 0.416. The lowest BCUT2D eigenvalue weighted by Gasteiger charge is -2.44. The van der Waals surface area contributed by atoms with Crippen molar-refractivity contribution >= 4 is 0 Å². The van der Waals surface area contributed by atoms with Gasteiger partial charge in [-0.05, 0) is 55.8 Å². The highest BCUT2D eigenvalue weighted by Gasteiger charge is 2.33. The molecule has 3 nitrogen and oxygen atoms in total. The van der Waals surface area contributed by atoms with Gasteiger partial charge >= 0.3 is 0 Å². The van der Waals surface area contributed by atoms with Gasteiger partial charge in [0.2, 0.25) is 0 Å². The SMILES string of the molecule is COc1cccc(C(O)CN2CCC[C@H]3CCCC[C@H]32)c1. The van der Waals surface area contributed by atoms with Crippen LogP contribution in [0.2, 0.25) is 0 Å². The number of ether oxygens (including phenoxy) is 1. The number of hydrogen-bond acceptors (Lipinski definition) is 3. The number of rotatable bonds is 4. The number of methoxy groups -OCH3 is 1. The van der Waals surface area contributed by atoms with Crippen molar-refractivity contribution in [2.24, 2.45) is 5.92 Å². The van der Waals surface area contributed by atoms with E-state index in [9.17, 15) is 5.11 Å². The molecule has 3 rings (SSSR count). The summed E-state index contributed by atoms with van der Waals surface area (Å²) in [5.41, 5.74) is 0.965. The minimum Gasteiger partial charge on any atom is -0.497 e. The number of benzene rings is 1. The highest BCUT2D eigenvalue weighted by atomic mass is 16.5. The molecule has 1 saturated carbocycles. The Bertz CT molecular complexity index is 460. The molecule has 3 heteroatoms. The molecule has 1 N–H and O–H groups in total. The van der Waals surface area contributed by atoms with E-state index < -0.39 is 6.10 Å². The van der Waals surface area contributed by atoms with Gasteiger partial charge in [0.05, 0.1) is 13.2 Å². The first-order valence-corrected chi connectivity index (χ1v) is 8.34. The van der Waals surface area contributed by atoms with E-state index in [4.69, 9.17) is 4.74 Å². The van der Waals surface area contributed by atoms with Crippen LogP contribution < -0.4 is 4.74 Å². The fourth-order valence-electron chi connectivity index (χ4n) is 4.13.